The van der Waals surface area contributed by atoms with E-state index >= 15 is 0 Å². The van der Waals surface area contributed by atoms with Crippen molar-refractivity contribution in [1.82, 2.24) is 10.2 Å². The van der Waals surface area contributed by atoms with Crippen LogP contribution >= 0.6 is 0 Å². The molecule has 1 N–H and O–H groups in total. The SMILES string of the molecule is CC(C)(C)NCC(=O)N(Cc1ccco1)C1CC1. The van der Waals surface area contributed by atoms with E-state index in [4.69, 9.17) is 4.42 Å². The lowest BCUT2D eigenvalue weighted by molar-refractivity contribution is -0.132. The molecule has 4 heteroatoms. The van der Waals surface area contributed by atoms with Gasteiger partial charge in [-0.15, -0.1) is 0 Å². The first-order chi connectivity index (χ1) is 8.46. The number of furan rings is 1. The molecule has 0 unspecified atom stereocenters. The Kier molecular flexibility index (Phi) is 3.76. The van der Waals surface area contributed by atoms with E-state index in [9.17, 15) is 4.79 Å². The summed E-state index contributed by atoms with van der Waals surface area (Å²) in [6, 6.07) is 4.18. The van der Waals surface area contributed by atoms with Gasteiger partial charge in [-0.05, 0) is 45.7 Å². The molecule has 1 fully saturated rings. The minimum absolute atomic E-state index is 0.0322. The fourth-order valence-corrected chi connectivity index (χ4v) is 1.82. The molecule has 1 saturated carbocycles. The molecule has 4 nitrogen and oxygen atoms in total. The van der Waals surface area contributed by atoms with Gasteiger partial charge in [-0.2, -0.15) is 0 Å². The van der Waals surface area contributed by atoms with Gasteiger partial charge in [0.15, 0.2) is 0 Å². The molecule has 1 aromatic rings. The highest BCUT2D eigenvalue weighted by Gasteiger charge is 2.33. The topological polar surface area (TPSA) is 45.5 Å². The molecule has 0 spiro atoms. The zero-order valence-corrected chi connectivity index (χ0v) is 11.4. The van der Waals surface area contributed by atoms with Gasteiger partial charge < -0.3 is 14.6 Å². The van der Waals surface area contributed by atoms with E-state index in [2.05, 4.69) is 26.1 Å². The highest BCUT2D eigenvalue weighted by atomic mass is 16.3. The van der Waals surface area contributed by atoms with Crippen LogP contribution in [0.4, 0.5) is 0 Å². The van der Waals surface area contributed by atoms with Crippen LogP contribution in [0.3, 0.4) is 0 Å². The number of amides is 1. The minimum atomic E-state index is -0.0322. The number of nitrogens with zero attached hydrogens (tertiary/aromatic N) is 1. The monoisotopic (exact) mass is 250 g/mol. The van der Waals surface area contributed by atoms with Crippen LogP contribution in [0.15, 0.2) is 22.8 Å². The normalized spacial score (nSPS) is 15.7. The third-order valence-electron chi connectivity index (χ3n) is 2.98. The van der Waals surface area contributed by atoms with Gasteiger partial charge in [-0.1, -0.05) is 0 Å². The summed E-state index contributed by atoms with van der Waals surface area (Å²) in [6.45, 7) is 7.17. The molecule has 18 heavy (non-hydrogen) atoms. The Morgan fingerprint density at radius 2 is 2.22 bits per heavy atom. The van der Waals surface area contributed by atoms with Gasteiger partial charge >= 0.3 is 0 Å². The summed E-state index contributed by atoms with van der Waals surface area (Å²) in [5, 5.41) is 3.24. The Morgan fingerprint density at radius 3 is 2.72 bits per heavy atom. The molecular weight excluding hydrogens is 228 g/mol. The third kappa shape index (κ3) is 3.88. The lowest BCUT2D eigenvalue weighted by Gasteiger charge is -2.25. The molecule has 0 radical (unpaired) electrons. The van der Waals surface area contributed by atoms with Crippen molar-refractivity contribution >= 4 is 5.91 Å². The van der Waals surface area contributed by atoms with Gasteiger partial charge in [0.25, 0.3) is 0 Å². The van der Waals surface area contributed by atoms with Crippen LogP contribution in [-0.2, 0) is 11.3 Å². The van der Waals surface area contributed by atoms with E-state index < -0.39 is 0 Å². The average molecular weight is 250 g/mol. The Balaban J connectivity index is 1.91. The van der Waals surface area contributed by atoms with Crippen LogP contribution < -0.4 is 5.32 Å². The third-order valence-corrected chi connectivity index (χ3v) is 2.98. The number of carbonyl (C=O) groups is 1. The van der Waals surface area contributed by atoms with Crippen LogP contribution in [0, 0.1) is 0 Å². The van der Waals surface area contributed by atoms with Crippen molar-refractivity contribution in [2.75, 3.05) is 6.54 Å². The maximum absolute atomic E-state index is 12.2. The van der Waals surface area contributed by atoms with Crippen molar-refractivity contribution in [3.05, 3.63) is 24.2 Å². The predicted octanol–water partition coefficient (Wildman–Crippen LogP) is 2.16. The molecule has 0 bridgehead atoms. The molecule has 1 aliphatic carbocycles. The highest BCUT2D eigenvalue weighted by Crippen LogP contribution is 2.28. The second-order valence-corrected chi connectivity index (χ2v) is 5.94. The molecule has 1 aliphatic rings. The standard InChI is InChI=1S/C14H22N2O2/c1-14(2,3)15-9-13(17)16(11-6-7-11)10-12-5-4-8-18-12/h4-5,8,11,15H,6-7,9-10H2,1-3H3. The fraction of sp³-hybridized carbons (Fsp3) is 0.643. The molecule has 1 heterocycles. The van der Waals surface area contributed by atoms with Gasteiger partial charge in [0.1, 0.15) is 5.76 Å². The van der Waals surface area contributed by atoms with Gasteiger partial charge in [0.05, 0.1) is 19.4 Å². The Labute approximate surface area is 108 Å². The maximum Gasteiger partial charge on any atom is 0.237 e. The van der Waals surface area contributed by atoms with E-state index in [0.29, 0.717) is 19.1 Å². The van der Waals surface area contributed by atoms with Gasteiger partial charge in [0.2, 0.25) is 5.91 Å². The zero-order chi connectivity index (χ0) is 13.2. The van der Waals surface area contributed by atoms with E-state index in [0.717, 1.165) is 18.6 Å². The van der Waals surface area contributed by atoms with Crippen molar-refractivity contribution in [2.45, 2.75) is 51.7 Å². The number of rotatable bonds is 5. The van der Waals surface area contributed by atoms with Gasteiger partial charge in [-0.25, -0.2) is 0 Å². The average Bonchev–Trinajstić information content (AvgIpc) is 2.99. The minimum Gasteiger partial charge on any atom is -0.467 e. The quantitative estimate of drug-likeness (QED) is 0.871. The van der Waals surface area contributed by atoms with Crippen molar-refractivity contribution in [3.8, 4) is 0 Å². The van der Waals surface area contributed by atoms with Crippen LogP contribution in [0.25, 0.3) is 0 Å². The number of nitrogens with one attached hydrogen (secondary N) is 1. The molecule has 0 aromatic carbocycles. The van der Waals surface area contributed by atoms with Crippen molar-refractivity contribution in [1.29, 1.82) is 0 Å². The molecule has 0 aliphatic heterocycles. The Morgan fingerprint density at radius 1 is 1.50 bits per heavy atom. The first-order valence-electron chi connectivity index (χ1n) is 6.52. The number of hydrogen-bond donors (Lipinski definition) is 1. The summed E-state index contributed by atoms with van der Waals surface area (Å²) in [6.07, 6.45) is 3.88. The Bertz CT molecular complexity index is 388. The molecule has 1 amide bonds. The molecule has 0 atom stereocenters. The molecule has 100 valence electrons. The van der Waals surface area contributed by atoms with Crippen LogP contribution in [0.1, 0.15) is 39.4 Å². The second-order valence-electron chi connectivity index (χ2n) is 5.94. The molecular formula is C14H22N2O2. The van der Waals surface area contributed by atoms with Crippen LogP contribution in [-0.4, -0.2) is 28.9 Å². The number of hydrogen-bond acceptors (Lipinski definition) is 3. The van der Waals surface area contributed by atoms with E-state index in [1.165, 1.54) is 0 Å². The van der Waals surface area contributed by atoms with Crippen LogP contribution in [0.2, 0.25) is 0 Å². The summed E-state index contributed by atoms with van der Waals surface area (Å²) in [7, 11) is 0. The summed E-state index contributed by atoms with van der Waals surface area (Å²) in [4.78, 5) is 14.1. The van der Waals surface area contributed by atoms with Gasteiger partial charge in [0, 0.05) is 11.6 Å². The van der Waals surface area contributed by atoms with Crippen LogP contribution in [0.5, 0.6) is 0 Å². The van der Waals surface area contributed by atoms with E-state index in [1.54, 1.807) is 6.26 Å². The molecule has 1 aromatic heterocycles. The van der Waals surface area contributed by atoms with E-state index in [-0.39, 0.29) is 11.4 Å². The summed E-state index contributed by atoms with van der Waals surface area (Å²) in [5.74, 6) is 1.01. The summed E-state index contributed by atoms with van der Waals surface area (Å²) >= 11 is 0. The molecule has 2 rings (SSSR count). The maximum atomic E-state index is 12.2. The largest absolute Gasteiger partial charge is 0.467 e. The second kappa shape index (κ2) is 5.14. The summed E-state index contributed by atoms with van der Waals surface area (Å²) < 4.78 is 5.32. The fourth-order valence-electron chi connectivity index (χ4n) is 1.82. The Hall–Kier alpha value is -1.29. The number of carbonyl (C=O) groups excluding carboxylic acids is 1. The summed E-state index contributed by atoms with van der Waals surface area (Å²) in [5.41, 5.74) is -0.0322. The molecule has 0 saturated heterocycles. The first kappa shape index (κ1) is 13.1. The lowest BCUT2D eigenvalue weighted by Crippen LogP contribution is -2.45. The first-order valence-corrected chi connectivity index (χ1v) is 6.52. The highest BCUT2D eigenvalue weighted by molar-refractivity contribution is 5.79. The predicted molar refractivity (Wildman–Crippen MR) is 70.0 cm³/mol. The van der Waals surface area contributed by atoms with Gasteiger partial charge in [-0.3, -0.25) is 4.79 Å². The van der Waals surface area contributed by atoms with Crippen molar-refractivity contribution in [2.24, 2.45) is 0 Å². The van der Waals surface area contributed by atoms with E-state index in [1.807, 2.05) is 17.0 Å². The van der Waals surface area contributed by atoms with Crippen molar-refractivity contribution in [3.63, 3.8) is 0 Å². The lowest BCUT2D eigenvalue weighted by atomic mass is 10.1. The van der Waals surface area contributed by atoms with Crippen molar-refractivity contribution < 1.29 is 9.21 Å². The smallest absolute Gasteiger partial charge is 0.237 e. The zero-order valence-electron chi connectivity index (χ0n) is 11.4.